The Morgan fingerprint density at radius 2 is 1.83 bits per heavy atom. The lowest BCUT2D eigenvalue weighted by molar-refractivity contribution is 0.575. The summed E-state index contributed by atoms with van der Waals surface area (Å²) >= 11 is 0. The molecule has 0 bridgehead atoms. The second-order valence-corrected chi connectivity index (χ2v) is 7.02. The van der Waals surface area contributed by atoms with E-state index in [0.717, 1.165) is 23.4 Å². The predicted octanol–water partition coefficient (Wildman–Crippen LogP) is 3.08. The Morgan fingerprint density at radius 1 is 1.08 bits per heavy atom. The van der Waals surface area contributed by atoms with Gasteiger partial charge in [-0.05, 0) is 49.2 Å². The lowest BCUT2D eigenvalue weighted by Gasteiger charge is -2.11. The van der Waals surface area contributed by atoms with Gasteiger partial charge in [-0.15, -0.1) is 0 Å². The van der Waals surface area contributed by atoms with Crippen LogP contribution in [0.25, 0.3) is 11.3 Å². The molecule has 24 heavy (non-hydrogen) atoms. The Labute approximate surface area is 137 Å². The molecule has 0 N–H and O–H groups in total. The number of nitrogens with zero attached hydrogens (tertiary/aromatic N) is 3. The van der Waals surface area contributed by atoms with Crippen molar-refractivity contribution in [2.24, 2.45) is 0 Å². The minimum atomic E-state index is -4.18. The molecule has 3 rings (SSSR count). The largest absolute Gasteiger partial charge is 0.285 e. The van der Waals surface area contributed by atoms with Crippen LogP contribution >= 0.6 is 0 Å². The number of hydrogen-bond donors (Lipinski definition) is 0. The second-order valence-electron chi connectivity index (χ2n) is 5.26. The monoisotopic (exact) mass is 349 g/mol. The number of hydrogen-bond acceptors (Lipinski definition) is 4. The first-order chi connectivity index (χ1) is 11.3. The Balaban J connectivity index is 2.24. The minimum Gasteiger partial charge on any atom is -0.243 e. The van der Waals surface area contributed by atoms with Gasteiger partial charge in [0.1, 0.15) is 11.5 Å². The maximum absolute atomic E-state index is 14.2. The van der Waals surface area contributed by atoms with Gasteiger partial charge in [-0.1, -0.05) is 0 Å². The molecule has 0 aliphatic carbocycles. The van der Waals surface area contributed by atoms with Crippen molar-refractivity contribution in [2.45, 2.75) is 18.9 Å². The van der Waals surface area contributed by atoms with E-state index in [1.165, 1.54) is 30.6 Å². The highest BCUT2D eigenvalue weighted by Crippen LogP contribution is 2.29. The topological polar surface area (TPSA) is 64.8 Å². The summed E-state index contributed by atoms with van der Waals surface area (Å²) in [5, 5.41) is -0.244. The molecule has 0 saturated carbocycles. The van der Waals surface area contributed by atoms with Gasteiger partial charge in [0.25, 0.3) is 10.0 Å². The molecule has 8 heteroatoms. The standard InChI is InChI=1S/C16H13F2N3O2S/c1-10-8-14(20-9-11(10)2)24(22,23)21-7-5-13(17)15(21)12-4-3-6-19-16(12)18/h3-9H,1-2H3. The van der Waals surface area contributed by atoms with Gasteiger partial charge in [0.2, 0.25) is 5.95 Å². The Kier molecular flexibility index (Phi) is 3.92. The van der Waals surface area contributed by atoms with E-state index in [2.05, 4.69) is 9.97 Å². The van der Waals surface area contributed by atoms with Gasteiger partial charge in [0, 0.05) is 18.6 Å². The van der Waals surface area contributed by atoms with E-state index < -0.39 is 27.5 Å². The fraction of sp³-hybridized carbons (Fsp3) is 0.125. The summed E-state index contributed by atoms with van der Waals surface area (Å²) in [5.41, 5.74) is 0.893. The van der Waals surface area contributed by atoms with Gasteiger partial charge in [-0.3, -0.25) is 0 Å². The lowest BCUT2D eigenvalue weighted by Crippen LogP contribution is -2.16. The Bertz CT molecular complexity index is 1030. The first-order valence-electron chi connectivity index (χ1n) is 6.99. The summed E-state index contributed by atoms with van der Waals surface area (Å²) in [5.74, 6) is -1.83. The highest BCUT2D eigenvalue weighted by molar-refractivity contribution is 7.90. The van der Waals surface area contributed by atoms with Gasteiger partial charge in [0.05, 0.1) is 5.56 Å². The van der Waals surface area contributed by atoms with Crippen LogP contribution in [-0.4, -0.2) is 22.4 Å². The van der Waals surface area contributed by atoms with Crippen molar-refractivity contribution in [1.82, 2.24) is 13.9 Å². The van der Waals surface area contributed by atoms with E-state index in [1.807, 2.05) is 0 Å². The predicted molar refractivity (Wildman–Crippen MR) is 83.9 cm³/mol. The molecule has 0 amide bonds. The maximum Gasteiger partial charge on any atom is 0.285 e. The third-order valence-electron chi connectivity index (χ3n) is 3.69. The zero-order valence-corrected chi connectivity index (χ0v) is 13.7. The van der Waals surface area contributed by atoms with E-state index >= 15 is 0 Å². The molecule has 5 nitrogen and oxygen atoms in total. The maximum atomic E-state index is 14.2. The first-order valence-corrected chi connectivity index (χ1v) is 8.43. The molecular weight excluding hydrogens is 336 g/mol. The van der Waals surface area contributed by atoms with Crippen molar-refractivity contribution in [3.63, 3.8) is 0 Å². The lowest BCUT2D eigenvalue weighted by atomic mass is 10.2. The van der Waals surface area contributed by atoms with Gasteiger partial charge in [0.15, 0.2) is 5.03 Å². The van der Waals surface area contributed by atoms with Gasteiger partial charge in [-0.25, -0.2) is 18.3 Å². The van der Waals surface area contributed by atoms with Crippen molar-refractivity contribution in [2.75, 3.05) is 0 Å². The number of rotatable bonds is 3. The average Bonchev–Trinajstić information content (AvgIpc) is 2.93. The number of halogens is 2. The first kappa shape index (κ1) is 16.3. The van der Waals surface area contributed by atoms with E-state index in [-0.39, 0.29) is 10.6 Å². The fourth-order valence-corrected chi connectivity index (χ4v) is 3.60. The van der Waals surface area contributed by atoms with Crippen molar-refractivity contribution >= 4 is 10.0 Å². The van der Waals surface area contributed by atoms with Crippen LogP contribution in [0.2, 0.25) is 0 Å². The van der Waals surface area contributed by atoms with Crippen molar-refractivity contribution in [1.29, 1.82) is 0 Å². The van der Waals surface area contributed by atoms with E-state index in [0.29, 0.717) is 3.97 Å². The molecule has 0 fully saturated rings. The molecule has 0 aliphatic rings. The zero-order chi connectivity index (χ0) is 17.5. The van der Waals surface area contributed by atoms with Gasteiger partial charge in [-0.2, -0.15) is 12.8 Å². The summed E-state index contributed by atoms with van der Waals surface area (Å²) in [6, 6.07) is 5.02. The van der Waals surface area contributed by atoms with Crippen LogP contribution in [0.4, 0.5) is 8.78 Å². The highest BCUT2D eigenvalue weighted by Gasteiger charge is 2.26. The molecule has 3 aromatic rings. The number of aryl methyl sites for hydroxylation is 2. The molecule has 124 valence electrons. The van der Waals surface area contributed by atoms with Crippen molar-refractivity contribution < 1.29 is 17.2 Å². The van der Waals surface area contributed by atoms with Gasteiger partial charge >= 0.3 is 0 Å². The minimum absolute atomic E-state index is 0.243. The second kappa shape index (κ2) is 5.79. The fourth-order valence-electron chi connectivity index (χ4n) is 2.24. The quantitative estimate of drug-likeness (QED) is 0.682. The van der Waals surface area contributed by atoms with Crippen LogP contribution in [-0.2, 0) is 10.0 Å². The summed E-state index contributed by atoms with van der Waals surface area (Å²) < 4.78 is 54.4. The SMILES string of the molecule is Cc1cnc(S(=O)(=O)n2ccc(F)c2-c2cccnc2F)cc1C. The van der Waals surface area contributed by atoms with Gasteiger partial charge < -0.3 is 0 Å². The van der Waals surface area contributed by atoms with Crippen LogP contribution < -0.4 is 0 Å². The summed E-state index contributed by atoms with van der Waals surface area (Å²) in [6.45, 7) is 3.54. The van der Waals surface area contributed by atoms with Crippen molar-refractivity contribution in [3.05, 3.63) is 65.7 Å². The van der Waals surface area contributed by atoms with E-state index in [9.17, 15) is 17.2 Å². The van der Waals surface area contributed by atoms with Crippen LogP contribution in [0.1, 0.15) is 11.1 Å². The average molecular weight is 349 g/mol. The zero-order valence-electron chi connectivity index (χ0n) is 12.9. The summed E-state index contributed by atoms with van der Waals surface area (Å²) in [6.07, 6.45) is 3.65. The summed E-state index contributed by atoms with van der Waals surface area (Å²) in [7, 11) is -4.18. The number of aromatic nitrogens is 3. The molecule has 0 spiro atoms. The highest BCUT2D eigenvalue weighted by atomic mass is 32.2. The molecular formula is C16H13F2N3O2S. The molecule has 0 saturated heterocycles. The molecule has 0 aromatic carbocycles. The Morgan fingerprint density at radius 3 is 2.50 bits per heavy atom. The normalized spacial score (nSPS) is 11.7. The third-order valence-corrected chi connectivity index (χ3v) is 5.26. The Hall–Kier alpha value is -2.61. The molecule has 3 aromatic heterocycles. The molecule has 0 atom stereocenters. The third kappa shape index (κ3) is 2.58. The van der Waals surface area contributed by atoms with E-state index in [4.69, 9.17) is 0 Å². The van der Waals surface area contributed by atoms with Crippen LogP contribution in [0, 0.1) is 25.6 Å². The van der Waals surface area contributed by atoms with Crippen LogP contribution in [0.3, 0.4) is 0 Å². The molecule has 0 aliphatic heterocycles. The van der Waals surface area contributed by atoms with Crippen LogP contribution in [0.5, 0.6) is 0 Å². The molecule has 0 radical (unpaired) electrons. The summed E-state index contributed by atoms with van der Waals surface area (Å²) in [4.78, 5) is 7.35. The molecule has 3 heterocycles. The van der Waals surface area contributed by atoms with E-state index in [1.54, 1.807) is 13.8 Å². The van der Waals surface area contributed by atoms with Crippen LogP contribution in [0.15, 0.2) is 47.9 Å². The number of pyridine rings is 2. The smallest absolute Gasteiger partial charge is 0.243 e. The van der Waals surface area contributed by atoms with Crippen molar-refractivity contribution in [3.8, 4) is 11.3 Å². The molecule has 0 unspecified atom stereocenters.